The Bertz CT molecular complexity index is 310. The van der Waals surface area contributed by atoms with Crippen molar-refractivity contribution in [3.63, 3.8) is 0 Å². The molecule has 2 saturated carbocycles. The lowest BCUT2D eigenvalue weighted by atomic mass is 9.75. The van der Waals surface area contributed by atoms with Gasteiger partial charge in [-0.05, 0) is 43.4 Å². The van der Waals surface area contributed by atoms with Gasteiger partial charge in [-0.1, -0.05) is 71.1 Å². The highest BCUT2D eigenvalue weighted by atomic mass is 16.4. The smallest absolute Gasteiger partial charge is 0.306 e. The van der Waals surface area contributed by atoms with Crippen LogP contribution in [0.4, 0.5) is 0 Å². The van der Waals surface area contributed by atoms with Crippen molar-refractivity contribution in [3.8, 4) is 0 Å². The Morgan fingerprint density at radius 1 is 0.773 bits per heavy atom. The van der Waals surface area contributed by atoms with Gasteiger partial charge in [-0.15, -0.1) is 0 Å². The fraction of sp³-hybridized carbons (Fsp3) is 0.950. The molecule has 128 valence electrons. The van der Waals surface area contributed by atoms with Gasteiger partial charge in [0.25, 0.3) is 0 Å². The summed E-state index contributed by atoms with van der Waals surface area (Å²) < 4.78 is 0. The largest absolute Gasteiger partial charge is 0.481 e. The van der Waals surface area contributed by atoms with Crippen molar-refractivity contribution in [1.29, 1.82) is 0 Å². The maximum Gasteiger partial charge on any atom is 0.306 e. The van der Waals surface area contributed by atoms with Crippen molar-refractivity contribution < 1.29 is 9.90 Å². The van der Waals surface area contributed by atoms with Crippen LogP contribution < -0.4 is 0 Å². The second kappa shape index (κ2) is 9.57. The van der Waals surface area contributed by atoms with Crippen LogP contribution in [0, 0.1) is 23.7 Å². The Morgan fingerprint density at radius 2 is 1.23 bits per heavy atom. The predicted molar refractivity (Wildman–Crippen MR) is 91.9 cm³/mol. The third kappa shape index (κ3) is 5.93. The number of unbranched alkanes of at least 4 members (excludes halogenated alkanes) is 2. The second-order valence-electron chi connectivity index (χ2n) is 8.02. The topological polar surface area (TPSA) is 37.3 Å². The monoisotopic (exact) mass is 308 g/mol. The minimum Gasteiger partial charge on any atom is -0.481 e. The van der Waals surface area contributed by atoms with E-state index in [0.29, 0.717) is 0 Å². The zero-order chi connectivity index (χ0) is 15.8. The minimum absolute atomic E-state index is 0.0465. The van der Waals surface area contributed by atoms with E-state index in [9.17, 15) is 4.79 Å². The van der Waals surface area contributed by atoms with E-state index in [1.165, 1.54) is 64.2 Å². The molecule has 0 radical (unpaired) electrons. The lowest BCUT2D eigenvalue weighted by molar-refractivity contribution is -0.143. The molecule has 0 aliphatic heterocycles. The number of hydrogen-bond acceptors (Lipinski definition) is 1. The zero-order valence-corrected chi connectivity index (χ0v) is 14.6. The average molecular weight is 309 g/mol. The summed E-state index contributed by atoms with van der Waals surface area (Å²) in [7, 11) is 0. The molecule has 2 nitrogen and oxygen atoms in total. The number of hydrogen-bond donors (Lipinski definition) is 1. The number of carboxylic acid groups (broad SMARTS) is 1. The van der Waals surface area contributed by atoms with Crippen molar-refractivity contribution in [2.24, 2.45) is 23.7 Å². The van der Waals surface area contributed by atoms with E-state index in [0.717, 1.165) is 43.4 Å². The Morgan fingerprint density at radius 3 is 1.68 bits per heavy atom. The van der Waals surface area contributed by atoms with Gasteiger partial charge < -0.3 is 5.11 Å². The summed E-state index contributed by atoms with van der Waals surface area (Å²) >= 11 is 0. The summed E-state index contributed by atoms with van der Waals surface area (Å²) in [4.78, 5) is 11.0. The van der Waals surface area contributed by atoms with Crippen LogP contribution in [0.5, 0.6) is 0 Å². The van der Waals surface area contributed by atoms with E-state index in [1.807, 2.05) is 0 Å². The third-order valence-corrected chi connectivity index (χ3v) is 6.36. The maximum absolute atomic E-state index is 11.0. The van der Waals surface area contributed by atoms with Crippen molar-refractivity contribution in [3.05, 3.63) is 0 Å². The Kier molecular flexibility index (Phi) is 7.75. The van der Waals surface area contributed by atoms with Crippen LogP contribution in [0.1, 0.15) is 96.8 Å². The van der Waals surface area contributed by atoms with Gasteiger partial charge in [-0.25, -0.2) is 0 Å². The minimum atomic E-state index is -0.570. The van der Waals surface area contributed by atoms with Crippen molar-refractivity contribution in [2.45, 2.75) is 96.8 Å². The molecule has 0 amide bonds. The first-order valence-electron chi connectivity index (χ1n) is 9.91. The SMILES string of the molecule is CCCCC[C@H]1CC[C@H](CC[C@H]2CC[C@H](C(=O)O)CC2)CC1. The highest BCUT2D eigenvalue weighted by molar-refractivity contribution is 5.69. The fourth-order valence-electron chi connectivity index (χ4n) is 4.66. The van der Waals surface area contributed by atoms with Gasteiger partial charge >= 0.3 is 5.97 Å². The van der Waals surface area contributed by atoms with Gasteiger partial charge in [0.15, 0.2) is 0 Å². The summed E-state index contributed by atoms with van der Waals surface area (Å²) in [6.07, 6.45) is 18.5. The predicted octanol–water partition coefficient (Wildman–Crippen LogP) is 6.04. The maximum atomic E-state index is 11.0. The molecule has 0 aromatic carbocycles. The molecule has 22 heavy (non-hydrogen) atoms. The molecule has 0 atom stereocenters. The van der Waals surface area contributed by atoms with Gasteiger partial charge in [0, 0.05) is 0 Å². The number of carbonyl (C=O) groups is 1. The Labute approximate surface area is 137 Å². The van der Waals surface area contributed by atoms with Crippen LogP contribution in [0.2, 0.25) is 0 Å². The summed E-state index contributed by atoms with van der Waals surface area (Å²) in [5.74, 6) is 2.20. The van der Waals surface area contributed by atoms with E-state index in [-0.39, 0.29) is 5.92 Å². The molecule has 0 saturated heterocycles. The summed E-state index contributed by atoms with van der Waals surface area (Å²) in [5, 5.41) is 9.06. The molecule has 2 heteroatoms. The normalized spacial score (nSPS) is 32.8. The van der Waals surface area contributed by atoms with Crippen LogP contribution in [0.25, 0.3) is 0 Å². The molecule has 0 aromatic heterocycles. The Hall–Kier alpha value is -0.530. The molecule has 0 heterocycles. The highest BCUT2D eigenvalue weighted by Crippen LogP contribution is 2.37. The van der Waals surface area contributed by atoms with Crippen LogP contribution in [0.15, 0.2) is 0 Å². The average Bonchev–Trinajstić information content (AvgIpc) is 2.55. The summed E-state index contributed by atoms with van der Waals surface area (Å²) in [5.41, 5.74) is 0. The van der Waals surface area contributed by atoms with Gasteiger partial charge in [-0.3, -0.25) is 4.79 Å². The molecule has 0 aromatic rings. The molecule has 0 unspecified atom stereocenters. The van der Waals surface area contributed by atoms with Gasteiger partial charge in [-0.2, -0.15) is 0 Å². The molecule has 1 N–H and O–H groups in total. The molecule has 2 rings (SSSR count). The number of carboxylic acids is 1. The van der Waals surface area contributed by atoms with Crippen LogP contribution in [-0.2, 0) is 4.79 Å². The molecule has 2 aliphatic rings. The van der Waals surface area contributed by atoms with Gasteiger partial charge in [0.05, 0.1) is 5.92 Å². The Balaban J connectivity index is 1.55. The van der Waals surface area contributed by atoms with E-state index in [4.69, 9.17) is 5.11 Å². The van der Waals surface area contributed by atoms with Crippen LogP contribution in [-0.4, -0.2) is 11.1 Å². The quantitative estimate of drug-likeness (QED) is 0.555. The third-order valence-electron chi connectivity index (χ3n) is 6.36. The standard InChI is InChI=1S/C20H36O2/c1-2-3-4-5-16-6-8-17(9-7-16)10-11-18-12-14-19(15-13-18)20(21)22/h16-19H,2-15H2,1H3,(H,21,22)/t16-,17-,18-,19-. The molecule has 2 fully saturated rings. The lowest BCUT2D eigenvalue weighted by Gasteiger charge is -2.31. The first-order valence-corrected chi connectivity index (χ1v) is 9.91. The fourth-order valence-corrected chi connectivity index (χ4v) is 4.66. The van der Waals surface area contributed by atoms with E-state index >= 15 is 0 Å². The van der Waals surface area contributed by atoms with Crippen LogP contribution in [0.3, 0.4) is 0 Å². The molecular formula is C20H36O2. The summed E-state index contributed by atoms with van der Waals surface area (Å²) in [6.45, 7) is 2.29. The van der Waals surface area contributed by atoms with Gasteiger partial charge in [0.2, 0.25) is 0 Å². The molecular weight excluding hydrogens is 272 g/mol. The summed E-state index contributed by atoms with van der Waals surface area (Å²) in [6, 6.07) is 0. The van der Waals surface area contributed by atoms with E-state index in [2.05, 4.69) is 6.92 Å². The number of aliphatic carboxylic acids is 1. The second-order valence-corrected chi connectivity index (χ2v) is 8.02. The lowest BCUT2D eigenvalue weighted by Crippen LogP contribution is -2.22. The highest BCUT2D eigenvalue weighted by Gasteiger charge is 2.27. The number of rotatable bonds is 8. The molecule has 2 aliphatic carbocycles. The first kappa shape index (κ1) is 17.8. The van der Waals surface area contributed by atoms with Crippen molar-refractivity contribution in [2.75, 3.05) is 0 Å². The molecule has 0 spiro atoms. The van der Waals surface area contributed by atoms with Gasteiger partial charge in [0.1, 0.15) is 0 Å². The van der Waals surface area contributed by atoms with Crippen molar-refractivity contribution in [1.82, 2.24) is 0 Å². The van der Waals surface area contributed by atoms with E-state index < -0.39 is 5.97 Å². The first-order chi connectivity index (χ1) is 10.7. The van der Waals surface area contributed by atoms with Crippen LogP contribution >= 0.6 is 0 Å². The van der Waals surface area contributed by atoms with Crippen molar-refractivity contribution >= 4 is 5.97 Å². The van der Waals surface area contributed by atoms with E-state index in [1.54, 1.807) is 0 Å². The zero-order valence-electron chi connectivity index (χ0n) is 14.6. The molecule has 0 bridgehead atoms.